The Morgan fingerprint density at radius 3 is 2.39 bits per heavy atom. The quantitative estimate of drug-likeness (QED) is 0.359. The molecule has 2 aromatic carbocycles. The summed E-state index contributed by atoms with van der Waals surface area (Å²) in [7, 11) is -4.02. The van der Waals surface area contributed by atoms with Crippen molar-refractivity contribution in [2.45, 2.75) is 18.7 Å². The number of carbonyl (C=O) groups is 1. The standard InChI is InChI=1S/C21H19BrClN3O4S/c1-14-3-7-17(8-4-14)26(31(28,29)19-9-5-16(23)6-10-19)13-21(27)25-24-12-18-11-20(22)15(2)30-18/h3-12H,13H2,1-2H3,(H,25,27)/b24-12-. The molecular formula is C21H19BrClN3O4S. The molecule has 0 aliphatic heterocycles. The average Bonchev–Trinajstić information content (AvgIpc) is 3.04. The van der Waals surface area contributed by atoms with E-state index in [4.69, 9.17) is 16.0 Å². The number of halogens is 2. The first kappa shape index (κ1) is 23.1. The van der Waals surface area contributed by atoms with E-state index in [0.717, 1.165) is 14.3 Å². The van der Waals surface area contributed by atoms with Gasteiger partial charge in [-0.15, -0.1) is 0 Å². The number of sulfonamides is 1. The molecule has 0 unspecified atom stereocenters. The molecule has 7 nitrogen and oxygen atoms in total. The van der Waals surface area contributed by atoms with Gasteiger partial charge in [-0.1, -0.05) is 29.3 Å². The van der Waals surface area contributed by atoms with E-state index < -0.39 is 22.5 Å². The number of nitrogens with one attached hydrogen (secondary N) is 1. The number of nitrogens with zero attached hydrogens (tertiary/aromatic N) is 2. The van der Waals surface area contributed by atoms with E-state index >= 15 is 0 Å². The first-order valence-electron chi connectivity index (χ1n) is 9.09. The van der Waals surface area contributed by atoms with Gasteiger partial charge in [-0.3, -0.25) is 9.10 Å². The monoisotopic (exact) mass is 523 g/mol. The maximum atomic E-state index is 13.2. The van der Waals surface area contributed by atoms with Gasteiger partial charge < -0.3 is 4.42 Å². The van der Waals surface area contributed by atoms with Crippen molar-refractivity contribution in [3.63, 3.8) is 0 Å². The van der Waals surface area contributed by atoms with Gasteiger partial charge in [0.05, 0.1) is 21.3 Å². The van der Waals surface area contributed by atoms with Crippen LogP contribution < -0.4 is 9.73 Å². The van der Waals surface area contributed by atoms with Gasteiger partial charge >= 0.3 is 0 Å². The van der Waals surface area contributed by atoms with Gasteiger partial charge in [-0.05, 0) is 66.2 Å². The molecule has 0 atom stereocenters. The third-order valence-corrected chi connectivity index (χ3v) is 7.10. The molecule has 3 aromatic rings. The number of aryl methyl sites for hydroxylation is 2. The average molecular weight is 525 g/mol. The number of benzene rings is 2. The molecule has 0 saturated carbocycles. The minimum Gasteiger partial charge on any atom is -0.459 e. The summed E-state index contributed by atoms with van der Waals surface area (Å²) in [6.45, 7) is 3.20. The maximum Gasteiger partial charge on any atom is 0.264 e. The molecule has 1 heterocycles. The Kier molecular flexibility index (Phi) is 7.19. The van der Waals surface area contributed by atoms with Gasteiger partial charge in [0, 0.05) is 11.1 Å². The molecule has 1 amide bonds. The zero-order valence-electron chi connectivity index (χ0n) is 16.7. The van der Waals surface area contributed by atoms with E-state index in [1.54, 1.807) is 37.3 Å². The van der Waals surface area contributed by atoms with Gasteiger partial charge in [0.25, 0.3) is 15.9 Å². The minimum absolute atomic E-state index is 0.0182. The van der Waals surface area contributed by atoms with Crippen molar-refractivity contribution in [2.75, 3.05) is 10.8 Å². The summed E-state index contributed by atoms with van der Waals surface area (Å²) in [5.74, 6) is 0.498. The molecule has 1 aromatic heterocycles. The summed E-state index contributed by atoms with van der Waals surface area (Å²) >= 11 is 9.20. The predicted molar refractivity (Wildman–Crippen MR) is 124 cm³/mol. The predicted octanol–water partition coefficient (Wildman–Crippen LogP) is 4.66. The Labute approximate surface area is 193 Å². The number of furan rings is 1. The van der Waals surface area contributed by atoms with Crippen LogP contribution in [0.1, 0.15) is 17.1 Å². The number of hydrogen-bond acceptors (Lipinski definition) is 5. The molecule has 31 heavy (non-hydrogen) atoms. The van der Waals surface area contributed by atoms with E-state index in [1.807, 2.05) is 6.92 Å². The molecule has 162 valence electrons. The number of hydrogen-bond donors (Lipinski definition) is 1. The third-order valence-electron chi connectivity index (χ3n) is 4.27. The highest BCUT2D eigenvalue weighted by Crippen LogP contribution is 2.25. The molecule has 0 spiro atoms. The summed E-state index contributed by atoms with van der Waals surface area (Å²) in [6, 6.07) is 14.3. The van der Waals surface area contributed by atoms with Crippen LogP contribution in [-0.2, 0) is 14.8 Å². The van der Waals surface area contributed by atoms with Gasteiger partial charge in [0.1, 0.15) is 18.1 Å². The van der Waals surface area contributed by atoms with Crippen LogP contribution in [0.4, 0.5) is 5.69 Å². The van der Waals surface area contributed by atoms with Gasteiger partial charge in [-0.2, -0.15) is 5.10 Å². The molecule has 10 heteroatoms. The Morgan fingerprint density at radius 2 is 1.81 bits per heavy atom. The van der Waals surface area contributed by atoms with Crippen molar-refractivity contribution < 1.29 is 17.6 Å². The second kappa shape index (κ2) is 9.67. The number of carbonyl (C=O) groups excluding carboxylic acids is 1. The number of hydrazone groups is 1. The highest BCUT2D eigenvalue weighted by atomic mass is 79.9. The smallest absolute Gasteiger partial charge is 0.264 e. The highest BCUT2D eigenvalue weighted by molar-refractivity contribution is 9.10. The van der Waals surface area contributed by atoms with Gasteiger partial charge in [0.2, 0.25) is 0 Å². The Bertz CT molecular complexity index is 1190. The fraction of sp³-hybridized carbons (Fsp3) is 0.143. The lowest BCUT2D eigenvalue weighted by Crippen LogP contribution is -2.39. The van der Waals surface area contributed by atoms with Gasteiger partial charge in [-0.25, -0.2) is 13.8 Å². The van der Waals surface area contributed by atoms with Crippen LogP contribution >= 0.6 is 27.5 Å². The van der Waals surface area contributed by atoms with Crippen LogP contribution in [-0.4, -0.2) is 27.1 Å². The molecule has 0 fully saturated rings. The topological polar surface area (TPSA) is 92.0 Å². The highest BCUT2D eigenvalue weighted by Gasteiger charge is 2.27. The molecule has 0 aliphatic rings. The van der Waals surface area contributed by atoms with Crippen molar-refractivity contribution in [3.8, 4) is 0 Å². The number of rotatable bonds is 7. The minimum atomic E-state index is -4.02. The second-order valence-corrected chi connectivity index (χ2v) is 9.80. The number of anilines is 1. The molecular weight excluding hydrogens is 506 g/mol. The summed E-state index contributed by atoms with van der Waals surface area (Å²) in [5, 5.41) is 4.26. The summed E-state index contributed by atoms with van der Waals surface area (Å²) in [4.78, 5) is 12.5. The van der Waals surface area contributed by atoms with Crippen molar-refractivity contribution in [1.82, 2.24) is 5.43 Å². The zero-order valence-corrected chi connectivity index (χ0v) is 19.8. The largest absolute Gasteiger partial charge is 0.459 e. The SMILES string of the molecule is Cc1ccc(N(CC(=O)N/N=C\c2cc(Br)c(C)o2)S(=O)(=O)c2ccc(Cl)cc2)cc1. The van der Waals surface area contributed by atoms with Crippen LogP contribution in [0.15, 0.2) is 73.5 Å². The Morgan fingerprint density at radius 1 is 1.16 bits per heavy atom. The summed E-state index contributed by atoms with van der Waals surface area (Å²) in [6.07, 6.45) is 1.33. The molecule has 0 aliphatic carbocycles. The van der Waals surface area contributed by atoms with E-state index in [0.29, 0.717) is 22.2 Å². The van der Waals surface area contributed by atoms with Crippen LogP contribution in [0.3, 0.4) is 0 Å². The maximum absolute atomic E-state index is 13.2. The van der Waals surface area contributed by atoms with E-state index in [1.165, 1.54) is 30.5 Å². The normalized spacial score (nSPS) is 11.6. The van der Waals surface area contributed by atoms with Crippen molar-refractivity contribution in [1.29, 1.82) is 0 Å². The lowest BCUT2D eigenvalue weighted by atomic mass is 10.2. The van der Waals surface area contributed by atoms with E-state index in [9.17, 15) is 13.2 Å². The molecule has 0 bridgehead atoms. The lowest BCUT2D eigenvalue weighted by Gasteiger charge is -2.23. The first-order chi connectivity index (χ1) is 14.7. The van der Waals surface area contributed by atoms with Crippen LogP contribution in [0.5, 0.6) is 0 Å². The fourth-order valence-corrected chi connectivity index (χ4v) is 4.49. The molecule has 1 N–H and O–H groups in total. The van der Waals surface area contributed by atoms with Crippen molar-refractivity contribution in [3.05, 3.63) is 81.2 Å². The summed E-state index contributed by atoms with van der Waals surface area (Å²) < 4.78 is 33.7. The van der Waals surface area contributed by atoms with Crippen molar-refractivity contribution in [2.24, 2.45) is 5.10 Å². The number of amides is 1. The van der Waals surface area contributed by atoms with Gasteiger partial charge in [0.15, 0.2) is 0 Å². The van der Waals surface area contributed by atoms with Crippen LogP contribution in [0.2, 0.25) is 5.02 Å². The van der Waals surface area contributed by atoms with E-state index in [2.05, 4.69) is 26.5 Å². The van der Waals surface area contributed by atoms with Crippen LogP contribution in [0.25, 0.3) is 0 Å². The lowest BCUT2D eigenvalue weighted by molar-refractivity contribution is -0.119. The Hall–Kier alpha value is -2.62. The molecule has 0 saturated heterocycles. The summed E-state index contributed by atoms with van der Waals surface area (Å²) in [5.41, 5.74) is 3.64. The van der Waals surface area contributed by atoms with Crippen LogP contribution in [0, 0.1) is 13.8 Å². The first-order valence-corrected chi connectivity index (χ1v) is 11.7. The third kappa shape index (κ3) is 5.75. The zero-order chi connectivity index (χ0) is 22.6. The fourth-order valence-electron chi connectivity index (χ4n) is 2.64. The second-order valence-electron chi connectivity index (χ2n) is 6.65. The molecule has 0 radical (unpaired) electrons. The molecule has 3 rings (SSSR count). The van der Waals surface area contributed by atoms with E-state index in [-0.39, 0.29) is 4.90 Å². The Balaban J connectivity index is 1.83. The van der Waals surface area contributed by atoms with Crippen molar-refractivity contribution >= 4 is 55.4 Å².